The first-order valence-electron chi connectivity index (χ1n) is 6.25. The van der Waals surface area contributed by atoms with Crippen LogP contribution < -0.4 is 0 Å². The van der Waals surface area contributed by atoms with E-state index in [1.165, 1.54) is 6.07 Å². The van der Waals surface area contributed by atoms with E-state index in [0.717, 1.165) is 9.99 Å². The molecule has 0 radical (unpaired) electrons. The largest absolute Gasteiger partial charge is 0.292 e. The first kappa shape index (κ1) is 14.8. The van der Waals surface area contributed by atoms with Crippen molar-refractivity contribution in [2.45, 2.75) is 12.3 Å². The van der Waals surface area contributed by atoms with E-state index in [-0.39, 0.29) is 11.2 Å². The third-order valence-electron chi connectivity index (χ3n) is 3.15. The van der Waals surface area contributed by atoms with Gasteiger partial charge in [-0.05, 0) is 43.3 Å². The van der Waals surface area contributed by atoms with Gasteiger partial charge in [-0.1, -0.05) is 27.5 Å². The Morgan fingerprint density at radius 2 is 2.00 bits per heavy atom. The number of benzene rings is 2. The lowest BCUT2D eigenvalue weighted by molar-refractivity contribution is 0.616. The third kappa shape index (κ3) is 2.68. The molecule has 2 nitrogen and oxygen atoms in total. The zero-order chi connectivity index (χ0) is 15.1. The minimum Gasteiger partial charge on any atom is -0.292 e. The van der Waals surface area contributed by atoms with Crippen molar-refractivity contribution in [2.75, 3.05) is 0 Å². The summed E-state index contributed by atoms with van der Waals surface area (Å²) in [5.74, 6) is 0.233. The lowest BCUT2D eigenvalue weighted by Gasteiger charge is -2.12. The first-order chi connectivity index (χ1) is 9.97. The van der Waals surface area contributed by atoms with Crippen molar-refractivity contribution < 1.29 is 4.39 Å². The van der Waals surface area contributed by atoms with Crippen LogP contribution in [0.15, 0.2) is 40.9 Å². The van der Waals surface area contributed by atoms with Gasteiger partial charge in [0.1, 0.15) is 11.6 Å². The number of hydrogen-bond donors (Lipinski definition) is 0. The van der Waals surface area contributed by atoms with Crippen molar-refractivity contribution in [1.29, 1.82) is 0 Å². The summed E-state index contributed by atoms with van der Waals surface area (Å²) in [6, 6.07) is 10.1. The molecule has 0 aliphatic carbocycles. The maximum atomic E-state index is 14.2. The standard InChI is InChI=1S/C15H10BrCl2FN2/c1-8(17)15-20-12-7-10(18)3-5-13(12)21(15)14-6-9(16)2-4-11(14)19/h2-8H,1H3. The Labute approximate surface area is 139 Å². The summed E-state index contributed by atoms with van der Waals surface area (Å²) >= 11 is 15.6. The van der Waals surface area contributed by atoms with Crippen molar-refractivity contribution in [3.8, 4) is 5.69 Å². The van der Waals surface area contributed by atoms with Gasteiger partial charge in [-0.2, -0.15) is 0 Å². The quantitative estimate of drug-likeness (QED) is 0.502. The number of aromatic nitrogens is 2. The van der Waals surface area contributed by atoms with E-state index in [0.29, 0.717) is 22.1 Å². The summed E-state index contributed by atoms with van der Waals surface area (Å²) in [7, 11) is 0. The molecule has 21 heavy (non-hydrogen) atoms. The third-order valence-corrected chi connectivity index (χ3v) is 4.07. The molecule has 6 heteroatoms. The summed E-state index contributed by atoms with van der Waals surface area (Å²) < 4.78 is 16.8. The molecule has 0 saturated carbocycles. The molecule has 0 amide bonds. The smallest absolute Gasteiger partial charge is 0.147 e. The minimum atomic E-state index is -0.366. The van der Waals surface area contributed by atoms with Crippen molar-refractivity contribution in [3.63, 3.8) is 0 Å². The van der Waals surface area contributed by atoms with Crippen LogP contribution in [0.2, 0.25) is 5.02 Å². The molecule has 3 rings (SSSR count). The molecule has 1 heterocycles. The van der Waals surface area contributed by atoms with Crippen LogP contribution in [-0.4, -0.2) is 9.55 Å². The Kier molecular flexibility index (Phi) is 3.95. The van der Waals surface area contributed by atoms with E-state index in [1.807, 2.05) is 6.07 Å². The van der Waals surface area contributed by atoms with E-state index >= 15 is 0 Å². The molecule has 0 fully saturated rings. The summed E-state index contributed by atoms with van der Waals surface area (Å²) in [6.07, 6.45) is 0. The van der Waals surface area contributed by atoms with Gasteiger partial charge >= 0.3 is 0 Å². The fourth-order valence-electron chi connectivity index (χ4n) is 2.25. The number of imidazole rings is 1. The van der Waals surface area contributed by atoms with Crippen molar-refractivity contribution in [3.05, 3.63) is 57.5 Å². The Morgan fingerprint density at radius 3 is 2.71 bits per heavy atom. The van der Waals surface area contributed by atoms with Crippen molar-refractivity contribution in [1.82, 2.24) is 9.55 Å². The molecule has 0 spiro atoms. The second-order valence-corrected chi connectivity index (χ2v) is 6.66. The van der Waals surface area contributed by atoms with Gasteiger partial charge in [-0.3, -0.25) is 4.57 Å². The number of fused-ring (bicyclic) bond motifs is 1. The highest BCUT2D eigenvalue weighted by Crippen LogP contribution is 2.31. The van der Waals surface area contributed by atoms with Gasteiger partial charge in [-0.25, -0.2) is 9.37 Å². The van der Waals surface area contributed by atoms with Gasteiger partial charge in [0.15, 0.2) is 0 Å². The number of halogens is 4. The van der Waals surface area contributed by atoms with Crippen LogP contribution in [0.1, 0.15) is 18.1 Å². The van der Waals surface area contributed by atoms with Gasteiger partial charge in [-0.15, -0.1) is 11.6 Å². The molecule has 0 aliphatic rings. The Balaban J connectivity index is 2.39. The molecule has 0 bridgehead atoms. The molecule has 1 aromatic heterocycles. The monoisotopic (exact) mass is 386 g/mol. The van der Waals surface area contributed by atoms with Gasteiger partial charge in [0.2, 0.25) is 0 Å². The van der Waals surface area contributed by atoms with Crippen LogP contribution in [0.5, 0.6) is 0 Å². The van der Waals surface area contributed by atoms with Crippen molar-refractivity contribution in [2.24, 2.45) is 0 Å². The molecule has 0 N–H and O–H groups in total. The number of alkyl halides is 1. The van der Waals surface area contributed by atoms with Gasteiger partial charge in [0.05, 0.1) is 22.1 Å². The minimum absolute atomic E-state index is 0.342. The van der Waals surface area contributed by atoms with Crippen LogP contribution in [-0.2, 0) is 0 Å². The Hall–Kier alpha value is -1.10. The highest BCUT2D eigenvalue weighted by molar-refractivity contribution is 9.10. The van der Waals surface area contributed by atoms with E-state index in [2.05, 4.69) is 20.9 Å². The van der Waals surface area contributed by atoms with E-state index in [1.54, 1.807) is 35.8 Å². The van der Waals surface area contributed by atoms with Gasteiger partial charge in [0, 0.05) is 9.50 Å². The normalized spacial score (nSPS) is 12.8. The second-order valence-electron chi connectivity index (χ2n) is 4.65. The van der Waals surface area contributed by atoms with E-state index in [9.17, 15) is 4.39 Å². The average molecular weight is 388 g/mol. The van der Waals surface area contributed by atoms with Crippen LogP contribution >= 0.6 is 39.1 Å². The zero-order valence-electron chi connectivity index (χ0n) is 10.9. The second kappa shape index (κ2) is 5.59. The summed E-state index contributed by atoms with van der Waals surface area (Å²) in [6.45, 7) is 1.80. The molecular formula is C15H10BrCl2FN2. The van der Waals surface area contributed by atoms with E-state index < -0.39 is 0 Å². The molecule has 2 aromatic carbocycles. The first-order valence-corrected chi connectivity index (χ1v) is 7.85. The molecule has 1 unspecified atom stereocenters. The predicted molar refractivity (Wildman–Crippen MR) is 88.0 cm³/mol. The maximum absolute atomic E-state index is 14.2. The molecule has 0 saturated heterocycles. The van der Waals surface area contributed by atoms with Crippen LogP contribution in [0.25, 0.3) is 16.7 Å². The molecule has 108 valence electrons. The lowest BCUT2D eigenvalue weighted by Crippen LogP contribution is -2.04. The molecular weight excluding hydrogens is 378 g/mol. The van der Waals surface area contributed by atoms with Crippen molar-refractivity contribution >= 4 is 50.2 Å². The van der Waals surface area contributed by atoms with Crippen LogP contribution in [0, 0.1) is 5.82 Å². The van der Waals surface area contributed by atoms with E-state index in [4.69, 9.17) is 23.2 Å². The number of rotatable bonds is 2. The van der Waals surface area contributed by atoms with Crippen LogP contribution in [0.3, 0.4) is 0 Å². The zero-order valence-corrected chi connectivity index (χ0v) is 14.0. The SMILES string of the molecule is CC(Cl)c1nc2cc(Cl)ccc2n1-c1cc(Br)ccc1F. The highest BCUT2D eigenvalue weighted by Gasteiger charge is 2.19. The fourth-order valence-corrected chi connectivity index (χ4v) is 2.91. The molecule has 0 aliphatic heterocycles. The summed E-state index contributed by atoms with van der Waals surface area (Å²) in [5.41, 5.74) is 1.85. The molecule has 1 atom stereocenters. The Morgan fingerprint density at radius 1 is 1.24 bits per heavy atom. The van der Waals surface area contributed by atoms with Gasteiger partial charge in [0.25, 0.3) is 0 Å². The highest BCUT2D eigenvalue weighted by atomic mass is 79.9. The fraction of sp³-hybridized carbons (Fsp3) is 0.133. The average Bonchev–Trinajstić information content (AvgIpc) is 2.80. The molecule has 3 aromatic rings. The maximum Gasteiger partial charge on any atom is 0.147 e. The predicted octanol–water partition coefficient (Wildman–Crippen LogP) is 5.88. The summed E-state index contributed by atoms with van der Waals surface area (Å²) in [4.78, 5) is 4.48. The van der Waals surface area contributed by atoms with Crippen LogP contribution in [0.4, 0.5) is 4.39 Å². The summed E-state index contributed by atoms with van der Waals surface area (Å²) in [5, 5.41) is 0.213. The number of nitrogens with zero attached hydrogens (tertiary/aromatic N) is 2. The van der Waals surface area contributed by atoms with Gasteiger partial charge < -0.3 is 0 Å². The number of hydrogen-bond acceptors (Lipinski definition) is 1. The lowest BCUT2D eigenvalue weighted by atomic mass is 10.2. The topological polar surface area (TPSA) is 17.8 Å². The Bertz CT molecular complexity index is 830.